The third kappa shape index (κ3) is 5.88. The number of allylic oxidation sites excluding steroid dienone is 1. The lowest BCUT2D eigenvalue weighted by Gasteiger charge is -2.11. The van der Waals surface area contributed by atoms with Crippen molar-refractivity contribution in [1.29, 1.82) is 0 Å². The zero-order valence-corrected chi connectivity index (χ0v) is 7.32. The Hall–Kier alpha value is -0.870. The van der Waals surface area contributed by atoms with Crippen molar-refractivity contribution < 1.29 is 19.4 Å². The highest BCUT2D eigenvalue weighted by atomic mass is 16.7. The fourth-order valence-corrected chi connectivity index (χ4v) is 0.592. The van der Waals surface area contributed by atoms with Crippen LogP contribution in [0.25, 0.3) is 0 Å². The summed E-state index contributed by atoms with van der Waals surface area (Å²) in [7, 11) is 0. The molecule has 1 N–H and O–H groups in total. The van der Waals surface area contributed by atoms with E-state index in [4.69, 9.17) is 14.6 Å². The number of aliphatic hydroxyl groups is 1. The van der Waals surface area contributed by atoms with Gasteiger partial charge in [0, 0.05) is 6.08 Å². The Morgan fingerprint density at radius 1 is 1.67 bits per heavy atom. The molecule has 0 rings (SSSR count). The van der Waals surface area contributed by atoms with Crippen LogP contribution in [0.15, 0.2) is 12.2 Å². The van der Waals surface area contributed by atoms with Gasteiger partial charge >= 0.3 is 5.97 Å². The molecule has 1 unspecified atom stereocenters. The molecule has 0 spiro atoms. The van der Waals surface area contributed by atoms with Crippen molar-refractivity contribution in [1.82, 2.24) is 0 Å². The first-order valence-corrected chi connectivity index (χ1v) is 3.76. The molecule has 0 aromatic heterocycles. The van der Waals surface area contributed by atoms with Gasteiger partial charge in [-0.2, -0.15) is 0 Å². The lowest BCUT2D eigenvalue weighted by molar-refractivity contribution is -0.170. The molecular formula is C8H14O4. The maximum absolute atomic E-state index is 10.8. The molecule has 0 saturated carbocycles. The van der Waals surface area contributed by atoms with Crippen LogP contribution in [-0.2, 0) is 14.3 Å². The summed E-state index contributed by atoms with van der Waals surface area (Å²) in [6.07, 6.45) is 2.28. The molecule has 1 atom stereocenters. The number of hydrogen-bond donors (Lipinski definition) is 1. The molecule has 0 heterocycles. The number of aliphatic hydroxyl groups excluding tert-OH is 1. The topological polar surface area (TPSA) is 55.8 Å². The number of esters is 1. The second kappa shape index (κ2) is 6.82. The Morgan fingerprint density at radius 3 is 2.83 bits per heavy atom. The molecule has 12 heavy (non-hydrogen) atoms. The van der Waals surface area contributed by atoms with Crippen LogP contribution in [0.5, 0.6) is 0 Å². The Bertz CT molecular complexity index is 153. The van der Waals surface area contributed by atoms with Crippen molar-refractivity contribution in [2.24, 2.45) is 0 Å². The van der Waals surface area contributed by atoms with Crippen molar-refractivity contribution in [2.45, 2.75) is 20.1 Å². The number of hydrogen-bond acceptors (Lipinski definition) is 4. The highest BCUT2D eigenvalue weighted by Gasteiger charge is 2.04. The Kier molecular flexibility index (Phi) is 6.32. The Morgan fingerprint density at radius 2 is 2.33 bits per heavy atom. The number of carbonyl (C=O) groups excluding carboxylic acids is 1. The highest BCUT2D eigenvalue weighted by molar-refractivity contribution is 5.81. The first kappa shape index (κ1) is 11.1. The molecular weight excluding hydrogens is 160 g/mol. The molecule has 0 aromatic carbocycles. The van der Waals surface area contributed by atoms with Crippen molar-refractivity contribution in [3.63, 3.8) is 0 Å². The van der Waals surface area contributed by atoms with E-state index in [1.807, 2.05) is 0 Å². The summed E-state index contributed by atoms with van der Waals surface area (Å²) in [5.41, 5.74) is 0. The van der Waals surface area contributed by atoms with E-state index in [-0.39, 0.29) is 13.2 Å². The van der Waals surface area contributed by atoms with Crippen molar-refractivity contribution in [3.8, 4) is 0 Å². The quantitative estimate of drug-likeness (QED) is 0.374. The van der Waals surface area contributed by atoms with Crippen LogP contribution in [0.2, 0.25) is 0 Å². The van der Waals surface area contributed by atoms with Crippen molar-refractivity contribution in [2.75, 3.05) is 13.2 Å². The van der Waals surface area contributed by atoms with Crippen LogP contribution in [0.3, 0.4) is 0 Å². The largest absolute Gasteiger partial charge is 0.433 e. The van der Waals surface area contributed by atoms with Crippen LogP contribution in [0, 0.1) is 0 Å². The van der Waals surface area contributed by atoms with Crippen molar-refractivity contribution >= 4 is 5.97 Å². The van der Waals surface area contributed by atoms with E-state index in [0.717, 1.165) is 0 Å². The molecule has 4 nitrogen and oxygen atoms in total. The molecule has 0 aromatic rings. The Balaban J connectivity index is 3.53. The van der Waals surface area contributed by atoms with Crippen molar-refractivity contribution in [3.05, 3.63) is 12.2 Å². The van der Waals surface area contributed by atoms with Gasteiger partial charge in [-0.1, -0.05) is 6.08 Å². The minimum absolute atomic E-state index is 0.0779. The van der Waals surface area contributed by atoms with E-state index in [2.05, 4.69) is 0 Å². The fourth-order valence-electron chi connectivity index (χ4n) is 0.592. The molecule has 0 radical (unpaired) electrons. The van der Waals surface area contributed by atoms with Crippen LogP contribution < -0.4 is 0 Å². The summed E-state index contributed by atoms with van der Waals surface area (Å²) in [6, 6.07) is 0. The number of carbonyl (C=O) groups is 1. The fraction of sp³-hybridized carbons (Fsp3) is 0.625. The SMILES string of the molecule is CC=CC(=O)OC(C)OCCO. The van der Waals surface area contributed by atoms with Gasteiger partial charge in [0.1, 0.15) is 0 Å². The second-order valence-corrected chi connectivity index (χ2v) is 2.10. The number of rotatable bonds is 5. The van der Waals surface area contributed by atoms with Crippen LogP contribution in [-0.4, -0.2) is 30.6 Å². The predicted octanol–water partition coefficient (Wildman–Crippen LogP) is 0.461. The van der Waals surface area contributed by atoms with Gasteiger partial charge in [0.15, 0.2) is 0 Å². The summed E-state index contributed by atoms with van der Waals surface area (Å²) in [6.45, 7) is 3.41. The molecule has 0 bridgehead atoms. The smallest absolute Gasteiger partial charge is 0.332 e. The normalized spacial score (nSPS) is 13.2. The minimum Gasteiger partial charge on any atom is -0.433 e. The first-order chi connectivity index (χ1) is 5.70. The van der Waals surface area contributed by atoms with Gasteiger partial charge < -0.3 is 14.6 Å². The van der Waals surface area contributed by atoms with Gasteiger partial charge in [0.25, 0.3) is 0 Å². The maximum atomic E-state index is 10.8. The van der Waals surface area contributed by atoms with Gasteiger partial charge in [-0.15, -0.1) is 0 Å². The average Bonchev–Trinajstić information content (AvgIpc) is 2.01. The first-order valence-electron chi connectivity index (χ1n) is 3.76. The Labute approximate surface area is 71.8 Å². The third-order valence-electron chi connectivity index (χ3n) is 1.03. The highest BCUT2D eigenvalue weighted by Crippen LogP contribution is 1.94. The van der Waals surface area contributed by atoms with Gasteiger partial charge in [-0.3, -0.25) is 0 Å². The molecule has 0 aliphatic rings. The minimum atomic E-state index is -0.610. The zero-order chi connectivity index (χ0) is 9.40. The second-order valence-electron chi connectivity index (χ2n) is 2.10. The van der Waals surface area contributed by atoms with Gasteiger partial charge in [-0.05, 0) is 13.8 Å². The third-order valence-corrected chi connectivity index (χ3v) is 1.03. The molecule has 0 amide bonds. The summed E-state index contributed by atoms with van der Waals surface area (Å²) in [5, 5.41) is 8.37. The summed E-state index contributed by atoms with van der Waals surface area (Å²) < 4.78 is 9.61. The van der Waals surface area contributed by atoms with E-state index in [0.29, 0.717) is 0 Å². The number of ether oxygens (including phenoxy) is 2. The molecule has 0 saturated heterocycles. The van der Waals surface area contributed by atoms with E-state index < -0.39 is 12.3 Å². The maximum Gasteiger partial charge on any atom is 0.332 e. The lowest BCUT2D eigenvalue weighted by atomic mass is 10.5. The molecule has 0 aliphatic carbocycles. The monoisotopic (exact) mass is 174 g/mol. The average molecular weight is 174 g/mol. The summed E-state index contributed by atoms with van der Waals surface area (Å²) >= 11 is 0. The summed E-state index contributed by atoms with van der Waals surface area (Å²) in [5.74, 6) is -0.442. The van der Waals surface area contributed by atoms with E-state index >= 15 is 0 Å². The van der Waals surface area contributed by atoms with Gasteiger partial charge in [0.2, 0.25) is 6.29 Å². The molecule has 0 fully saturated rings. The van der Waals surface area contributed by atoms with Gasteiger partial charge in [0.05, 0.1) is 13.2 Å². The standard InChI is InChI=1S/C8H14O4/c1-3-4-8(10)12-7(2)11-6-5-9/h3-4,7,9H,5-6H2,1-2H3. The van der Waals surface area contributed by atoms with E-state index in [1.54, 1.807) is 19.9 Å². The lowest BCUT2D eigenvalue weighted by Crippen LogP contribution is -2.18. The molecule has 0 aliphatic heterocycles. The summed E-state index contributed by atoms with van der Waals surface area (Å²) in [4.78, 5) is 10.8. The van der Waals surface area contributed by atoms with E-state index in [9.17, 15) is 4.79 Å². The van der Waals surface area contributed by atoms with Gasteiger partial charge in [-0.25, -0.2) is 4.79 Å². The molecule has 70 valence electrons. The predicted molar refractivity (Wildman–Crippen MR) is 43.4 cm³/mol. The van der Waals surface area contributed by atoms with Crippen LogP contribution >= 0.6 is 0 Å². The van der Waals surface area contributed by atoms with Crippen LogP contribution in [0.1, 0.15) is 13.8 Å². The van der Waals surface area contributed by atoms with E-state index in [1.165, 1.54) is 6.08 Å². The molecule has 4 heteroatoms. The van der Waals surface area contributed by atoms with Crippen LogP contribution in [0.4, 0.5) is 0 Å². The zero-order valence-electron chi connectivity index (χ0n) is 7.32.